The van der Waals surface area contributed by atoms with Crippen molar-refractivity contribution in [2.24, 2.45) is 0 Å². The van der Waals surface area contributed by atoms with Crippen LogP contribution in [0.3, 0.4) is 0 Å². The fourth-order valence-electron chi connectivity index (χ4n) is 2.00. The van der Waals surface area contributed by atoms with Gasteiger partial charge in [-0.15, -0.1) is 0 Å². The summed E-state index contributed by atoms with van der Waals surface area (Å²) in [6.45, 7) is 8.33. The fourth-order valence-corrected chi connectivity index (χ4v) is 2.82. The number of hydrogen-bond acceptors (Lipinski definition) is 2. The molecule has 100 valence electrons. The molecule has 1 aromatic heterocycles. The maximum absolute atomic E-state index is 6.20. The van der Waals surface area contributed by atoms with Gasteiger partial charge in [-0.25, -0.2) is 9.97 Å². The summed E-state index contributed by atoms with van der Waals surface area (Å²) in [4.78, 5) is 9.03. The minimum atomic E-state index is 0.291. The van der Waals surface area contributed by atoms with Crippen molar-refractivity contribution in [3.63, 3.8) is 0 Å². The topological polar surface area (TPSA) is 25.8 Å². The van der Waals surface area contributed by atoms with Gasteiger partial charge in [0, 0.05) is 5.56 Å². The van der Waals surface area contributed by atoms with Crippen LogP contribution < -0.4 is 0 Å². The molecule has 19 heavy (non-hydrogen) atoms. The van der Waals surface area contributed by atoms with Crippen molar-refractivity contribution < 1.29 is 0 Å². The number of hydrogen-bond donors (Lipinski definition) is 0. The average molecular weight is 340 g/mol. The lowest BCUT2D eigenvalue weighted by Crippen LogP contribution is -2.01. The van der Waals surface area contributed by atoms with E-state index in [0.717, 1.165) is 21.3 Å². The zero-order valence-electron chi connectivity index (χ0n) is 11.5. The molecule has 0 bridgehead atoms. The molecule has 0 atom stereocenters. The zero-order valence-corrected chi connectivity index (χ0v) is 13.8. The van der Waals surface area contributed by atoms with Crippen LogP contribution in [0.25, 0.3) is 11.4 Å². The maximum atomic E-state index is 6.20. The zero-order chi connectivity index (χ0) is 14.2. The van der Waals surface area contributed by atoms with E-state index < -0.39 is 0 Å². The fraction of sp³-hybridized carbons (Fsp3) is 0.333. The van der Waals surface area contributed by atoms with Crippen LogP contribution in [-0.4, -0.2) is 9.97 Å². The predicted octanol–water partition coefficient (Wildman–Crippen LogP) is 5.30. The highest BCUT2D eigenvalue weighted by molar-refractivity contribution is 9.10. The maximum Gasteiger partial charge on any atom is 0.161 e. The second-order valence-corrected chi connectivity index (χ2v) is 6.16. The Balaban J connectivity index is 2.63. The summed E-state index contributed by atoms with van der Waals surface area (Å²) in [6.07, 6.45) is 0. The molecule has 2 rings (SSSR count). The molecule has 0 saturated carbocycles. The van der Waals surface area contributed by atoms with Crippen LogP contribution in [0.15, 0.2) is 22.7 Å². The lowest BCUT2D eigenvalue weighted by molar-refractivity contribution is 0.809. The van der Waals surface area contributed by atoms with E-state index in [-0.39, 0.29) is 0 Å². The highest BCUT2D eigenvalue weighted by Gasteiger charge is 2.15. The van der Waals surface area contributed by atoms with Crippen LogP contribution in [0.4, 0.5) is 0 Å². The second kappa shape index (κ2) is 5.59. The average Bonchev–Trinajstić information content (AvgIpc) is 2.32. The van der Waals surface area contributed by atoms with Gasteiger partial charge in [-0.1, -0.05) is 49.2 Å². The third-order valence-corrected chi connectivity index (χ3v) is 4.29. The standard InChI is InChI=1S/C15H16BrClN2/c1-8(2)13-12(16)14(17)19-15(18-13)11-6-5-9(3)7-10(11)4/h5-8H,1-4H3. The highest BCUT2D eigenvalue weighted by Crippen LogP contribution is 2.32. The van der Waals surface area contributed by atoms with Crippen molar-refractivity contribution in [3.8, 4) is 11.4 Å². The summed E-state index contributed by atoms with van der Waals surface area (Å²) >= 11 is 9.66. The van der Waals surface area contributed by atoms with Crippen molar-refractivity contribution in [1.29, 1.82) is 0 Å². The van der Waals surface area contributed by atoms with Gasteiger partial charge in [0.25, 0.3) is 0 Å². The molecular formula is C15H16BrClN2. The first-order chi connectivity index (χ1) is 8.90. The molecule has 0 amide bonds. The molecular weight excluding hydrogens is 324 g/mol. The van der Waals surface area contributed by atoms with Crippen LogP contribution >= 0.6 is 27.5 Å². The minimum Gasteiger partial charge on any atom is -0.232 e. The van der Waals surface area contributed by atoms with Gasteiger partial charge in [-0.2, -0.15) is 0 Å². The molecule has 0 saturated heterocycles. The lowest BCUT2D eigenvalue weighted by Gasteiger charge is -2.12. The molecule has 0 unspecified atom stereocenters. The Morgan fingerprint density at radius 1 is 1.16 bits per heavy atom. The van der Waals surface area contributed by atoms with E-state index in [1.807, 2.05) is 6.07 Å². The van der Waals surface area contributed by atoms with Crippen molar-refractivity contribution in [3.05, 3.63) is 44.6 Å². The van der Waals surface area contributed by atoms with Crippen molar-refractivity contribution in [1.82, 2.24) is 9.97 Å². The van der Waals surface area contributed by atoms with Gasteiger partial charge in [0.2, 0.25) is 0 Å². The van der Waals surface area contributed by atoms with Gasteiger partial charge in [-0.05, 0) is 41.3 Å². The van der Waals surface area contributed by atoms with Crippen LogP contribution in [0.5, 0.6) is 0 Å². The van der Waals surface area contributed by atoms with E-state index in [1.165, 1.54) is 5.56 Å². The highest BCUT2D eigenvalue weighted by atomic mass is 79.9. The Morgan fingerprint density at radius 3 is 2.42 bits per heavy atom. The van der Waals surface area contributed by atoms with Crippen molar-refractivity contribution in [2.75, 3.05) is 0 Å². The minimum absolute atomic E-state index is 0.291. The Hall–Kier alpha value is -0.930. The Kier molecular flexibility index (Phi) is 4.26. The third kappa shape index (κ3) is 2.98. The Labute approximate surface area is 127 Å². The van der Waals surface area contributed by atoms with E-state index >= 15 is 0 Å². The summed E-state index contributed by atoms with van der Waals surface area (Å²) in [6, 6.07) is 6.24. The van der Waals surface area contributed by atoms with Crippen LogP contribution in [-0.2, 0) is 0 Å². The van der Waals surface area contributed by atoms with E-state index in [0.29, 0.717) is 16.9 Å². The van der Waals surface area contributed by atoms with Crippen LogP contribution in [0.1, 0.15) is 36.6 Å². The van der Waals surface area contributed by atoms with Gasteiger partial charge in [-0.3, -0.25) is 0 Å². The number of benzene rings is 1. The first kappa shape index (κ1) is 14.5. The molecule has 2 nitrogen and oxygen atoms in total. The molecule has 0 fully saturated rings. The lowest BCUT2D eigenvalue weighted by atomic mass is 10.0. The molecule has 0 aliphatic rings. The first-order valence-corrected chi connectivity index (χ1v) is 7.37. The van der Waals surface area contributed by atoms with Gasteiger partial charge >= 0.3 is 0 Å². The van der Waals surface area contributed by atoms with E-state index in [2.05, 4.69) is 65.7 Å². The van der Waals surface area contributed by atoms with Crippen molar-refractivity contribution in [2.45, 2.75) is 33.6 Å². The smallest absolute Gasteiger partial charge is 0.161 e. The molecule has 2 aromatic rings. The Morgan fingerprint density at radius 2 is 1.84 bits per heavy atom. The molecule has 0 spiro atoms. The van der Waals surface area contributed by atoms with Crippen molar-refractivity contribution >= 4 is 27.5 Å². The van der Waals surface area contributed by atoms with Gasteiger partial charge in [0.05, 0.1) is 10.2 Å². The number of aryl methyl sites for hydroxylation is 2. The second-order valence-electron chi connectivity index (χ2n) is 5.01. The molecule has 0 N–H and O–H groups in total. The van der Waals surface area contributed by atoms with Crippen LogP contribution in [0.2, 0.25) is 5.15 Å². The normalized spacial score (nSPS) is 11.1. The predicted molar refractivity (Wildman–Crippen MR) is 83.7 cm³/mol. The molecule has 4 heteroatoms. The number of halogens is 2. The van der Waals surface area contributed by atoms with Gasteiger partial charge in [0.15, 0.2) is 5.82 Å². The quantitative estimate of drug-likeness (QED) is 0.694. The molecule has 0 aliphatic carbocycles. The summed E-state index contributed by atoms with van der Waals surface area (Å²) < 4.78 is 0.790. The largest absolute Gasteiger partial charge is 0.232 e. The van der Waals surface area contributed by atoms with E-state index in [4.69, 9.17) is 11.6 Å². The van der Waals surface area contributed by atoms with Crippen LogP contribution in [0, 0.1) is 13.8 Å². The number of rotatable bonds is 2. The summed E-state index contributed by atoms with van der Waals surface area (Å²) in [5.74, 6) is 0.980. The monoisotopic (exact) mass is 338 g/mol. The molecule has 1 heterocycles. The SMILES string of the molecule is Cc1ccc(-c2nc(Cl)c(Br)c(C(C)C)n2)c(C)c1. The molecule has 1 aromatic carbocycles. The summed E-state index contributed by atoms with van der Waals surface area (Å²) in [5, 5.41) is 0.466. The summed E-state index contributed by atoms with van der Waals surface area (Å²) in [5.41, 5.74) is 4.36. The molecule has 0 aliphatic heterocycles. The number of nitrogens with zero attached hydrogens (tertiary/aromatic N) is 2. The van der Waals surface area contributed by atoms with Gasteiger partial charge in [0.1, 0.15) is 5.15 Å². The number of aromatic nitrogens is 2. The van der Waals surface area contributed by atoms with Gasteiger partial charge < -0.3 is 0 Å². The van der Waals surface area contributed by atoms with E-state index in [1.54, 1.807) is 0 Å². The van der Waals surface area contributed by atoms with E-state index in [9.17, 15) is 0 Å². The first-order valence-electron chi connectivity index (χ1n) is 6.20. The summed E-state index contributed by atoms with van der Waals surface area (Å²) in [7, 11) is 0. The Bertz CT molecular complexity index is 624. The third-order valence-electron chi connectivity index (χ3n) is 3.01. The molecule has 0 radical (unpaired) electrons.